The van der Waals surface area contributed by atoms with Gasteiger partial charge in [-0.3, -0.25) is 4.79 Å². The van der Waals surface area contributed by atoms with Crippen LogP contribution in [0.4, 0.5) is 0 Å². The Morgan fingerprint density at radius 2 is 1.78 bits per heavy atom. The smallest absolute Gasteiger partial charge is 0.133 e. The molecule has 3 fully saturated rings. The zero-order valence-electron chi connectivity index (χ0n) is 5.39. The molecule has 3 aliphatic carbocycles. The van der Waals surface area contributed by atoms with Crippen LogP contribution in [0.3, 0.4) is 0 Å². The molecule has 0 aromatic rings. The van der Waals surface area contributed by atoms with Crippen LogP contribution in [0.5, 0.6) is 0 Å². The summed E-state index contributed by atoms with van der Waals surface area (Å²) in [5.41, 5.74) is 0.772. The minimum Gasteiger partial charge on any atom is -0.300 e. The average molecular weight is 122 g/mol. The van der Waals surface area contributed by atoms with E-state index in [0.29, 0.717) is 5.78 Å². The lowest BCUT2D eigenvalue weighted by atomic mass is 10.00. The number of carbonyl (C=O) groups excluding carboxylic acids is 1. The summed E-state index contributed by atoms with van der Waals surface area (Å²) in [6, 6.07) is 0. The Hall–Kier alpha value is -0.330. The molecule has 0 aromatic carbocycles. The van der Waals surface area contributed by atoms with Gasteiger partial charge in [-0.2, -0.15) is 0 Å². The van der Waals surface area contributed by atoms with Gasteiger partial charge in [-0.15, -0.1) is 0 Å². The van der Waals surface area contributed by atoms with E-state index in [1.165, 1.54) is 12.8 Å². The number of rotatable bonds is 0. The van der Waals surface area contributed by atoms with Gasteiger partial charge in [0.05, 0.1) is 0 Å². The van der Waals surface area contributed by atoms with Crippen molar-refractivity contribution in [3.63, 3.8) is 0 Å². The Morgan fingerprint density at radius 3 is 2.33 bits per heavy atom. The molecule has 3 saturated carbocycles. The molecule has 0 amide bonds. The molecule has 0 heterocycles. The van der Waals surface area contributed by atoms with Crippen LogP contribution in [0.1, 0.15) is 25.7 Å². The second-order valence-corrected chi connectivity index (χ2v) is 3.98. The molecule has 0 aliphatic heterocycles. The van der Waals surface area contributed by atoms with Gasteiger partial charge >= 0.3 is 0 Å². The molecule has 0 aromatic heterocycles. The van der Waals surface area contributed by atoms with Crippen LogP contribution in [-0.2, 0) is 4.79 Å². The zero-order valence-corrected chi connectivity index (χ0v) is 5.39. The van der Waals surface area contributed by atoms with Crippen molar-refractivity contribution >= 4 is 5.78 Å². The number of carbonyl (C=O) groups is 1. The van der Waals surface area contributed by atoms with Gasteiger partial charge in [0.2, 0.25) is 0 Å². The molecule has 0 bridgehead atoms. The van der Waals surface area contributed by atoms with E-state index in [1.807, 2.05) is 0 Å². The SMILES string of the molecule is O=C1CC2CC23CC3C1. The minimum atomic E-state index is 0.538. The highest BCUT2D eigenvalue weighted by molar-refractivity contribution is 5.82. The molecule has 3 aliphatic rings. The first-order valence-electron chi connectivity index (χ1n) is 3.83. The van der Waals surface area contributed by atoms with Crippen molar-refractivity contribution in [1.29, 1.82) is 0 Å². The third-order valence-electron chi connectivity index (χ3n) is 3.51. The molecular formula is C8H10O. The van der Waals surface area contributed by atoms with Gasteiger partial charge in [-0.05, 0) is 30.1 Å². The molecular weight excluding hydrogens is 112 g/mol. The van der Waals surface area contributed by atoms with Crippen molar-refractivity contribution in [2.45, 2.75) is 25.7 Å². The third kappa shape index (κ3) is 0.374. The van der Waals surface area contributed by atoms with Crippen molar-refractivity contribution in [3.05, 3.63) is 0 Å². The fraction of sp³-hybridized carbons (Fsp3) is 0.875. The van der Waals surface area contributed by atoms with E-state index in [0.717, 1.165) is 30.1 Å². The largest absolute Gasteiger partial charge is 0.300 e. The first kappa shape index (κ1) is 4.48. The Bertz CT molecular complexity index is 175. The zero-order chi connectivity index (χ0) is 6.06. The maximum atomic E-state index is 10.9. The Morgan fingerprint density at radius 1 is 1.22 bits per heavy atom. The molecule has 1 heteroatoms. The van der Waals surface area contributed by atoms with E-state index in [1.54, 1.807) is 0 Å². The Labute approximate surface area is 54.4 Å². The molecule has 1 nitrogen and oxygen atoms in total. The summed E-state index contributed by atoms with van der Waals surface area (Å²) >= 11 is 0. The second kappa shape index (κ2) is 0.979. The molecule has 2 atom stereocenters. The van der Waals surface area contributed by atoms with E-state index in [4.69, 9.17) is 0 Å². The summed E-state index contributed by atoms with van der Waals surface area (Å²) in [6.45, 7) is 0. The van der Waals surface area contributed by atoms with E-state index in [2.05, 4.69) is 0 Å². The van der Waals surface area contributed by atoms with Crippen LogP contribution in [0.25, 0.3) is 0 Å². The van der Waals surface area contributed by atoms with Gasteiger partial charge in [0, 0.05) is 12.8 Å². The summed E-state index contributed by atoms with van der Waals surface area (Å²) in [5, 5.41) is 0. The van der Waals surface area contributed by atoms with Crippen molar-refractivity contribution in [2.75, 3.05) is 0 Å². The van der Waals surface area contributed by atoms with Crippen LogP contribution in [0.2, 0.25) is 0 Å². The van der Waals surface area contributed by atoms with E-state index in [9.17, 15) is 4.79 Å². The normalized spacial score (nSPS) is 60.2. The highest BCUT2D eigenvalue weighted by atomic mass is 16.1. The number of Topliss-reactive ketones (excluding diaryl/α,β-unsaturated/α-hetero) is 1. The quantitative estimate of drug-likeness (QED) is 0.474. The van der Waals surface area contributed by atoms with Gasteiger partial charge in [0.25, 0.3) is 0 Å². The van der Waals surface area contributed by atoms with E-state index < -0.39 is 0 Å². The van der Waals surface area contributed by atoms with E-state index >= 15 is 0 Å². The molecule has 1 spiro atoms. The monoisotopic (exact) mass is 122 g/mol. The summed E-state index contributed by atoms with van der Waals surface area (Å²) in [5.74, 6) is 2.24. The maximum absolute atomic E-state index is 10.9. The maximum Gasteiger partial charge on any atom is 0.133 e. The topological polar surface area (TPSA) is 17.1 Å². The summed E-state index contributed by atoms with van der Waals surface area (Å²) in [6.07, 6.45) is 4.64. The van der Waals surface area contributed by atoms with Gasteiger partial charge in [-0.1, -0.05) is 0 Å². The predicted molar refractivity (Wildman–Crippen MR) is 32.9 cm³/mol. The first-order chi connectivity index (χ1) is 4.31. The number of hydrogen-bond acceptors (Lipinski definition) is 1. The lowest BCUT2D eigenvalue weighted by Gasteiger charge is -2.04. The van der Waals surface area contributed by atoms with Crippen LogP contribution >= 0.6 is 0 Å². The molecule has 2 unspecified atom stereocenters. The van der Waals surface area contributed by atoms with Crippen LogP contribution < -0.4 is 0 Å². The fourth-order valence-electron chi connectivity index (χ4n) is 2.73. The molecule has 0 saturated heterocycles. The van der Waals surface area contributed by atoms with E-state index in [-0.39, 0.29) is 0 Å². The standard InChI is InChI=1S/C8H10O/c9-7-1-5-3-8(5)4-6(8)2-7/h5-6H,1-4H2. The number of ketones is 1. The fourth-order valence-corrected chi connectivity index (χ4v) is 2.73. The van der Waals surface area contributed by atoms with Crippen molar-refractivity contribution < 1.29 is 4.79 Å². The minimum absolute atomic E-state index is 0.538. The summed E-state index contributed by atoms with van der Waals surface area (Å²) < 4.78 is 0. The van der Waals surface area contributed by atoms with Crippen molar-refractivity contribution in [1.82, 2.24) is 0 Å². The molecule has 9 heavy (non-hydrogen) atoms. The van der Waals surface area contributed by atoms with Crippen LogP contribution in [-0.4, -0.2) is 5.78 Å². The van der Waals surface area contributed by atoms with Crippen LogP contribution in [0.15, 0.2) is 0 Å². The number of hydrogen-bond donors (Lipinski definition) is 0. The molecule has 0 N–H and O–H groups in total. The summed E-state index contributed by atoms with van der Waals surface area (Å²) in [4.78, 5) is 10.9. The summed E-state index contributed by atoms with van der Waals surface area (Å²) in [7, 11) is 0. The lowest BCUT2D eigenvalue weighted by Crippen LogP contribution is -2.07. The van der Waals surface area contributed by atoms with Gasteiger partial charge in [0.15, 0.2) is 0 Å². The average Bonchev–Trinajstić information content (AvgIpc) is 2.50. The molecule has 48 valence electrons. The second-order valence-electron chi connectivity index (χ2n) is 3.98. The van der Waals surface area contributed by atoms with Crippen molar-refractivity contribution in [2.24, 2.45) is 17.3 Å². The Balaban J connectivity index is 1.95. The predicted octanol–water partition coefficient (Wildman–Crippen LogP) is 1.38. The van der Waals surface area contributed by atoms with Gasteiger partial charge in [-0.25, -0.2) is 0 Å². The highest BCUT2D eigenvalue weighted by Gasteiger charge is 2.72. The molecule has 3 rings (SSSR count). The van der Waals surface area contributed by atoms with Gasteiger partial charge < -0.3 is 0 Å². The Kier molecular flexibility index (Phi) is 0.487. The highest BCUT2D eigenvalue weighted by Crippen LogP contribution is 2.78. The third-order valence-corrected chi connectivity index (χ3v) is 3.51. The molecule has 0 radical (unpaired) electrons. The van der Waals surface area contributed by atoms with Gasteiger partial charge in [0.1, 0.15) is 5.78 Å². The lowest BCUT2D eigenvalue weighted by molar-refractivity contribution is -0.120. The first-order valence-corrected chi connectivity index (χ1v) is 3.83. The van der Waals surface area contributed by atoms with Crippen molar-refractivity contribution in [3.8, 4) is 0 Å². The van der Waals surface area contributed by atoms with Crippen LogP contribution in [0, 0.1) is 17.3 Å².